The zero-order valence-electron chi connectivity index (χ0n) is 9.36. The van der Waals surface area contributed by atoms with E-state index in [2.05, 4.69) is 5.18 Å². The number of ether oxygens (including phenoxy) is 1. The maximum Gasteiger partial charge on any atom is 0.119 e. The molecule has 1 rings (SSSR count). The number of likely N-dealkylation sites (N-methyl/N-ethyl adjacent to an activating group) is 1. The number of nitrogens with zero attached hydrogens (tertiary/aromatic N) is 2. The highest BCUT2D eigenvalue weighted by Gasteiger charge is 2.00. The van der Waals surface area contributed by atoms with Gasteiger partial charge in [-0.15, -0.1) is 4.91 Å². The Bertz CT molecular complexity index is 337. The molecule has 0 amide bonds. The Labute approximate surface area is 89.8 Å². The van der Waals surface area contributed by atoms with E-state index in [4.69, 9.17) is 4.74 Å². The van der Waals surface area contributed by atoms with Crippen molar-refractivity contribution in [2.24, 2.45) is 5.18 Å². The lowest BCUT2D eigenvalue weighted by atomic mass is 10.2. The van der Waals surface area contributed by atoms with Crippen LogP contribution < -0.4 is 4.74 Å². The summed E-state index contributed by atoms with van der Waals surface area (Å²) in [6.07, 6.45) is 0. The van der Waals surface area contributed by atoms with Crippen LogP contribution in [0.15, 0.2) is 23.4 Å². The Morgan fingerprint density at radius 3 is 2.67 bits per heavy atom. The second-order valence-electron chi connectivity index (χ2n) is 3.69. The highest BCUT2D eigenvalue weighted by atomic mass is 16.5. The van der Waals surface area contributed by atoms with Crippen LogP contribution in [0.3, 0.4) is 0 Å². The molecule has 0 aromatic heterocycles. The number of rotatable bonds is 5. The van der Waals surface area contributed by atoms with Gasteiger partial charge in [-0.05, 0) is 50.0 Å². The first-order chi connectivity index (χ1) is 7.13. The molecule has 1 aromatic carbocycles. The van der Waals surface area contributed by atoms with Crippen molar-refractivity contribution in [2.45, 2.75) is 6.92 Å². The van der Waals surface area contributed by atoms with Gasteiger partial charge in [0.15, 0.2) is 0 Å². The van der Waals surface area contributed by atoms with E-state index >= 15 is 0 Å². The lowest BCUT2D eigenvalue weighted by molar-refractivity contribution is 0.261. The van der Waals surface area contributed by atoms with Gasteiger partial charge in [-0.2, -0.15) is 0 Å². The molecule has 0 aliphatic heterocycles. The van der Waals surface area contributed by atoms with Gasteiger partial charge in [-0.25, -0.2) is 0 Å². The number of hydrogen-bond acceptors (Lipinski definition) is 4. The van der Waals surface area contributed by atoms with E-state index in [0.717, 1.165) is 17.9 Å². The minimum Gasteiger partial charge on any atom is -0.492 e. The summed E-state index contributed by atoms with van der Waals surface area (Å²) in [6.45, 7) is 3.35. The fourth-order valence-corrected chi connectivity index (χ4v) is 1.17. The Balaban J connectivity index is 2.56. The van der Waals surface area contributed by atoms with Crippen molar-refractivity contribution < 1.29 is 4.74 Å². The smallest absolute Gasteiger partial charge is 0.119 e. The molecule has 0 fully saturated rings. The summed E-state index contributed by atoms with van der Waals surface area (Å²) in [5, 5.41) is 2.91. The van der Waals surface area contributed by atoms with E-state index in [0.29, 0.717) is 12.3 Å². The van der Waals surface area contributed by atoms with Crippen molar-refractivity contribution in [3.8, 4) is 5.75 Å². The van der Waals surface area contributed by atoms with E-state index < -0.39 is 0 Å². The molecule has 0 aliphatic rings. The molecular formula is C11H16N2O2. The molecule has 1 aromatic rings. The highest BCUT2D eigenvalue weighted by Crippen LogP contribution is 2.23. The molecule has 0 aliphatic carbocycles. The van der Waals surface area contributed by atoms with Crippen LogP contribution in [0.4, 0.5) is 5.69 Å². The zero-order chi connectivity index (χ0) is 11.3. The minimum absolute atomic E-state index is 0.468. The van der Waals surface area contributed by atoms with Gasteiger partial charge in [0.2, 0.25) is 0 Å². The van der Waals surface area contributed by atoms with Crippen molar-refractivity contribution in [2.75, 3.05) is 27.2 Å². The second kappa shape index (κ2) is 5.46. The molecule has 4 nitrogen and oxygen atoms in total. The first-order valence-electron chi connectivity index (χ1n) is 4.85. The van der Waals surface area contributed by atoms with Gasteiger partial charge >= 0.3 is 0 Å². The van der Waals surface area contributed by atoms with E-state index in [1.165, 1.54) is 0 Å². The molecule has 0 bridgehead atoms. The van der Waals surface area contributed by atoms with Crippen molar-refractivity contribution >= 4 is 5.69 Å². The van der Waals surface area contributed by atoms with Crippen molar-refractivity contribution in [3.05, 3.63) is 28.7 Å². The molecule has 0 unspecified atom stereocenters. The standard InChI is InChI=1S/C11H16N2O2/c1-9-8-10(4-5-11(9)12-14)15-7-6-13(2)3/h4-5,8H,6-7H2,1-3H3. The summed E-state index contributed by atoms with van der Waals surface area (Å²) >= 11 is 0. The van der Waals surface area contributed by atoms with Crippen LogP contribution >= 0.6 is 0 Å². The molecule has 82 valence electrons. The molecule has 0 saturated heterocycles. The van der Waals surface area contributed by atoms with Crippen LogP contribution in [0, 0.1) is 11.8 Å². The SMILES string of the molecule is Cc1cc(OCCN(C)C)ccc1N=O. The van der Waals surface area contributed by atoms with Gasteiger partial charge in [0, 0.05) is 6.54 Å². The zero-order valence-corrected chi connectivity index (χ0v) is 9.36. The lowest BCUT2D eigenvalue weighted by Gasteiger charge is -2.11. The average molecular weight is 208 g/mol. The normalized spacial score (nSPS) is 10.4. The number of aryl methyl sites for hydroxylation is 1. The minimum atomic E-state index is 0.468. The quantitative estimate of drug-likeness (QED) is 0.697. The third-order valence-corrected chi connectivity index (χ3v) is 2.07. The van der Waals surface area contributed by atoms with Crippen LogP contribution in [0.5, 0.6) is 5.75 Å². The van der Waals surface area contributed by atoms with Crippen molar-refractivity contribution in [1.82, 2.24) is 4.90 Å². The summed E-state index contributed by atoms with van der Waals surface area (Å²) in [5.74, 6) is 0.779. The van der Waals surface area contributed by atoms with E-state index in [9.17, 15) is 4.91 Å². The van der Waals surface area contributed by atoms with Crippen LogP contribution in [0.25, 0.3) is 0 Å². The number of benzene rings is 1. The highest BCUT2D eigenvalue weighted by molar-refractivity contribution is 5.48. The van der Waals surface area contributed by atoms with Gasteiger partial charge in [0.05, 0.1) is 0 Å². The van der Waals surface area contributed by atoms with Crippen molar-refractivity contribution in [3.63, 3.8) is 0 Å². The van der Waals surface area contributed by atoms with Crippen LogP contribution in [-0.2, 0) is 0 Å². The van der Waals surface area contributed by atoms with Crippen LogP contribution in [0.2, 0.25) is 0 Å². The van der Waals surface area contributed by atoms with E-state index in [1.807, 2.05) is 32.0 Å². The fourth-order valence-electron chi connectivity index (χ4n) is 1.17. The first-order valence-corrected chi connectivity index (χ1v) is 4.85. The molecule has 0 spiro atoms. The van der Waals surface area contributed by atoms with Gasteiger partial charge in [0.25, 0.3) is 0 Å². The lowest BCUT2D eigenvalue weighted by Crippen LogP contribution is -2.19. The monoisotopic (exact) mass is 208 g/mol. The predicted molar refractivity (Wildman–Crippen MR) is 60.7 cm³/mol. The van der Waals surface area contributed by atoms with Gasteiger partial charge < -0.3 is 9.64 Å². The molecule has 0 heterocycles. The van der Waals surface area contributed by atoms with Crippen LogP contribution in [0.1, 0.15) is 5.56 Å². The Morgan fingerprint density at radius 1 is 1.40 bits per heavy atom. The Kier molecular flexibility index (Phi) is 4.24. The summed E-state index contributed by atoms with van der Waals surface area (Å²) in [4.78, 5) is 12.4. The second-order valence-corrected chi connectivity index (χ2v) is 3.69. The topological polar surface area (TPSA) is 41.9 Å². The summed E-state index contributed by atoms with van der Waals surface area (Å²) < 4.78 is 5.51. The Hall–Kier alpha value is -1.42. The van der Waals surface area contributed by atoms with Gasteiger partial charge in [-0.3, -0.25) is 0 Å². The first kappa shape index (κ1) is 11.7. The average Bonchev–Trinajstić information content (AvgIpc) is 2.17. The third kappa shape index (κ3) is 3.67. The molecule has 0 N–H and O–H groups in total. The van der Waals surface area contributed by atoms with Crippen molar-refractivity contribution in [1.29, 1.82) is 0 Å². The predicted octanol–water partition coefficient (Wildman–Crippen LogP) is 2.33. The maximum absolute atomic E-state index is 10.3. The fraction of sp³-hybridized carbons (Fsp3) is 0.455. The largest absolute Gasteiger partial charge is 0.492 e. The Morgan fingerprint density at radius 2 is 2.13 bits per heavy atom. The molecule has 0 atom stereocenters. The molecule has 4 heteroatoms. The molecular weight excluding hydrogens is 192 g/mol. The third-order valence-electron chi connectivity index (χ3n) is 2.07. The van der Waals surface area contributed by atoms with E-state index in [-0.39, 0.29) is 0 Å². The number of hydrogen-bond donors (Lipinski definition) is 0. The van der Waals surface area contributed by atoms with Crippen LogP contribution in [-0.4, -0.2) is 32.1 Å². The van der Waals surface area contributed by atoms with Gasteiger partial charge in [-0.1, -0.05) is 0 Å². The summed E-state index contributed by atoms with van der Waals surface area (Å²) in [7, 11) is 3.99. The summed E-state index contributed by atoms with van der Waals surface area (Å²) in [5.41, 5.74) is 1.31. The van der Waals surface area contributed by atoms with Gasteiger partial charge in [0.1, 0.15) is 18.0 Å². The molecule has 0 saturated carbocycles. The molecule has 15 heavy (non-hydrogen) atoms. The summed E-state index contributed by atoms with van der Waals surface area (Å²) in [6, 6.07) is 5.26. The maximum atomic E-state index is 10.3. The van der Waals surface area contributed by atoms with E-state index in [1.54, 1.807) is 12.1 Å². The number of nitroso groups, excluding NO2 is 1. The molecule has 0 radical (unpaired) electrons.